The molecular formula is C15H27N3O3. The van der Waals surface area contributed by atoms with E-state index in [1.54, 1.807) is 11.9 Å². The number of nitrogens with zero attached hydrogens (tertiary/aromatic N) is 3. The Morgan fingerprint density at radius 3 is 2.52 bits per heavy atom. The van der Waals surface area contributed by atoms with E-state index in [2.05, 4.69) is 11.8 Å². The van der Waals surface area contributed by atoms with Gasteiger partial charge in [0.2, 0.25) is 0 Å². The van der Waals surface area contributed by atoms with Crippen LogP contribution in [0, 0.1) is 5.92 Å². The van der Waals surface area contributed by atoms with E-state index in [0.29, 0.717) is 25.0 Å². The van der Waals surface area contributed by atoms with E-state index in [-0.39, 0.29) is 12.6 Å². The standard InChI is InChI=1S/C15H27N3O3/c1-3-17-8-4-5-13(17)10-16(2)15(21)18(11-14(19)20)9-12-6-7-12/h12-13H,3-11H2,1-2H3,(H,19,20). The number of amides is 2. The molecule has 6 nitrogen and oxygen atoms in total. The fourth-order valence-corrected chi connectivity index (χ4v) is 3.14. The molecule has 2 aliphatic rings. The summed E-state index contributed by atoms with van der Waals surface area (Å²) in [4.78, 5) is 29.0. The SMILES string of the molecule is CCN1CCCC1CN(C)C(=O)N(CC(=O)O)CC1CC1. The number of hydrogen-bond acceptors (Lipinski definition) is 3. The third-order valence-electron chi connectivity index (χ3n) is 4.49. The molecule has 0 aromatic carbocycles. The first-order valence-electron chi connectivity index (χ1n) is 7.97. The molecule has 0 radical (unpaired) electrons. The lowest BCUT2D eigenvalue weighted by Gasteiger charge is -2.31. The van der Waals surface area contributed by atoms with Gasteiger partial charge in [-0.05, 0) is 44.7 Å². The van der Waals surface area contributed by atoms with Crippen molar-refractivity contribution in [2.75, 3.05) is 39.8 Å². The van der Waals surface area contributed by atoms with Crippen LogP contribution < -0.4 is 0 Å². The number of carboxylic acid groups (broad SMARTS) is 1. The molecule has 1 atom stereocenters. The second-order valence-corrected chi connectivity index (χ2v) is 6.31. The van der Waals surface area contributed by atoms with Crippen molar-refractivity contribution in [2.24, 2.45) is 5.92 Å². The molecule has 1 unspecified atom stereocenters. The molecule has 0 bridgehead atoms. The molecule has 2 amide bonds. The Bertz CT molecular complexity index is 384. The zero-order valence-corrected chi connectivity index (χ0v) is 13.1. The van der Waals surface area contributed by atoms with Crippen LogP contribution in [0.15, 0.2) is 0 Å². The highest BCUT2D eigenvalue weighted by Crippen LogP contribution is 2.30. The molecule has 1 N–H and O–H groups in total. The molecule has 21 heavy (non-hydrogen) atoms. The summed E-state index contributed by atoms with van der Waals surface area (Å²) in [5.74, 6) is -0.436. The largest absolute Gasteiger partial charge is 0.480 e. The fraction of sp³-hybridized carbons (Fsp3) is 0.867. The molecule has 1 aliphatic heterocycles. The molecule has 6 heteroatoms. The molecule has 1 heterocycles. The average molecular weight is 297 g/mol. The number of urea groups is 1. The summed E-state index contributed by atoms with van der Waals surface area (Å²) < 4.78 is 0. The van der Waals surface area contributed by atoms with Crippen molar-refractivity contribution in [3.05, 3.63) is 0 Å². The minimum Gasteiger partial charge on any atom is -0.480 e. The van der Waals surface area contributed by atoms with Crippen LogP contribution >= 0.6 is 0 Å². The van der Waals surface area contributed by atoms with Crippen LogP contribution in [0.3, 0.4) is 0 Å². The number of likely N-dealkylation sites (tertiary alicyclic amines) is 1. The van der Waals surface area contributed by atoms with E-state index in [1.807, 2.05) is 0 Å². The highest BCUT2D eigenvalue weighted by molar-refractivity contribution is 5.80. The number of rotatable bonds is 7. The molecule has 0 aromatic heterocycles. The second kappa shape index (κ2) is 7.11. The summed E-state index contributed by atoms with van der Waals surface area (Å²) in [6.07, 6.45) is 4.52. The number of hydrogen-bond donors (Lipinski definition) is 1. The van der Waals surface area contributed by atoms with Gasteiger partial charge in [0, 0.05) is 26.2 Å². The third-order valence-corrected chi connectivity index (χ3v) is 4.49. The predicted molar refractivity (Wildman–Crippen MR) is 80.2 cm³/mol. The van der Waals surface area contributed by atoms with E-state index in [9.17, 15) is 9.59 Å². The molecule has 1 saturated heterocycles. The van der Waals surface area contributed by atoms with Crippen molar-refractivity contribution in [1.29, 1.82) is 0 Å². The summed E-state index contributed by atoms with van der Waals surface area (Å²) in [7, 11) is 1.79. The highest BCUT2D eigenvalue weighted by Gasteiger charge is 2.31. The van der Waals surface area contributed by atoms with Gasteiger partial charge in [-0.1, -0.05) is 6.92 Å². The summed E-state index contributed by atoms with van der Waals surface area (Å²) in [6, 6.07) is 0.267. The van der Waals surface area contributed by atoms with Gasteiger partial charge in [0.25, 0.3) is 0 Å². The predicted octanol–water partition coefficient (Wildman–Crippen LogP) is 1.32. The Morgan fingerprint density at radius 1 is 1.24 bits per heavy atom. The molecule has 2 rings (SSSR count). The van der Waals surface area contributed by atoms with Gasteiger partial charge in [0.1, 0.15) is 6.54 Å². The van der Waals surface area contributed by atoms with Crippen molar-refractivity contribution in [1.82, 2.24) is 14.7 Å². The van der Waals surface area contributed by atoms with Crippen LogP contribution in [0.25, 0.3) is 0 Å². The maximum atomic E-state index is 12.5. The van der Waals surface area contributed by atoms with Crippen LogP contribution in [-0.4, -0.2) is 77.6 Å². The fourth-order valence-electron chi connectivity index (χ4n) is 3.14. The van der Waals surface area contributed by atoms with Gasteiger partial charge in [0.15, 0.2) is 0 Å². The Labute approximate surface area is 126 Å². The van der Waals surface area contributed by atoms with Gasteiger partial charge < -0.3 is 14.9 Å². The van der Waals surface area contributed by atoms with Gasteiger partial charge in [-0.3, -0.25) is 9.69 Å². The van der Waals surface area contributed by atoms with Crippen LogP contribution in [0.4, 0.5) is 4.79 Å². The lowest BCUT2D eigenvalue weighted by Crippen LogP contribution is -2.48. The first kappa shape index (κ1) is 16.1. The van der Waals surface area contributed by atoms with Gasteiger partial charge in [-0.2, -0.15) is 0 Å². The topological polar surface area (TPSA) is 64.1 Å². The molecular weight excluding hydrogens is 270 g/mol. The zero-order chi connectivity index (χ0) is 15.4. The van der Waals surface area contributed by atoms with E-state index >= 15 is 0 Å². The first-order valence-corrected chi connectivity index (χ1v) is 7.97. The zero-order valence-electron chi connectivity index (χ0n) is 13.1. The molecule has 0 aromatic rings. The second-order valence-electron chi connectivity index (χ2n) is 6.31. The maximum absolute atomic E-state index is 12.5. The van der Waals surface area contributed by atoms with Crippen LogP contribution in [0.1, 0.15) is 32.6 Å². The minimum absolute atomic E-state index is 0.146. The van der Waals surface area contributed by atoms with Crippen LogP contribution in [0.5, 0.6) is 0 Å². The van der Waals surface area contributed by atoms with Gasteiger partial charge in [-0.15, -0.1) is 0 Å². The van der Waals surface area contributed by atoms with Gasteiger partial charge in [0.05, 0.1) is 0 Å². The highest BCUT2D eigenvalue weighted by atomic mass is 16.4. The van der Waals surface area contributed by atoms with Crippen molar-refractivity contribution >= 4 is 12.0 Å². The monoisotopic (exact) mass is 297 g/mol. The quantitative estimate of drug-likeness (QED) is 0.770. The Kier molecular flexibility index (Phi) is 5.45. The summed E-state index contributed by atoms with van der Waals surface area (Å²) >= 11 is 0. The van der Waals surface area contributed by atoms with E-state index in [4.69, 9.17) is 5.11 Å². The third kappa shape index (κ3) is 4.59. The number of carboxylic acids is 1. The molecule has 120 valence electrons. The van der Waals surface area contributed by atoms with Crippen molar-refractivity contribution in [3.63, 3.8) is 0 Å². The van der Waals surface area contributed by atoms with Gasteiger partial charge >= 0.3 is 12.0 Å². The van der Waals surface area contributed by atoms with Crippen LogP contribution in [-0.2, 0) is 4.79 Å². The number of carbonyl (C=O) groups excluding carboxylic acids is 1. The number of carbonyl (C=O) groups is 2. The smallest absolute Gasteiger partial charge is 0.323 e. The lowest BCUT2D eigenvalue weighted by atomic mass is 10.2. The van der Waals surface area contributed by atoms with E-state index in [0.717, 1.165) is 32.4 Å². The van der Waals surface area contributed by atoms with Crippen molar-refractivity contribution in [3.8, 4) is 0 Å². The maximum Gasteiger partial charge on any atom is 0.323 e. The number of likely N-dealkylation sites (N-methyl/N-ethyl adjacent to an activating group) is 2. The Hall–Kier alpha value is -1.30. The van der Waals surface area contributed by atoms with Crippen LogP contribution in [0.2, 0.25) is 0 Å². The van der Waals surface area contributed by atoms with Crippen molar-refractivity contribution in [2.45, 2.75) is 38.6 Å². The normalized spacial score (nSPS) is 22.3. The molecule has 1 saturated carbocycles. The first-order chi connectivity index (χ1) is 10.0. The Balaban J connectivity index is 1.89. The minimum atomic E-state index is -0.937. The molecule has 0 spiro atoms. The molecule has 1 aliphatic carbocycles. The molecule has 2 fully saturated rings. The summed E-state index contributed by atoms with van der Waals surface area (Å²) in [5.41, 5.74) is 0. The van der Waals surface area contributed by atoms with E-state index in [1.165, 1.54) is 11.3 Å². The van der Waals surface area contributed by atoms with Crippen molar-refractivity contribution < 1.29 is 14.7 Å². The average Bonchev–Trinajstić information content (AvgIpc) is 3.14. The summed E-state index contributed by atoms with van der Waals surface area (Å²) in [6.45, 7) is 5.33. The number of aliphatic carboxylic acids is 1. The summed E-state index contributed by atoms with van der Waals surface area (Å²) in [5, 5.41) is 8.99. The Morgan fingerprint density at radius 2 is 1.95 bits per heavy atom. The van der Waals surface area contributed by atoms with E-state index < -0.39 is 5.97 Å². The van der Waals surface area contributed by atoms with Gasteiger partial charge in [-0.25, -0.2) is 4.79 Å². The lowest BCUT2D eigenvalue weighted by molar-refractivity contribution is -0.137.